The Bertz CT molecular complexity index is 4900. The first-order valence-corrected chi connectivity index (χ1v) is 47.7. The number of H-pyrrole nitrogens is 1. The molecule has 0 saturated heterocycles. The van der Waals surface area contributed by atoms with Gasteiger partial charge in [0.25, 0.3) is 0 Å². The molecule has 0 unspecified atom stereocenters. The molecule has 128 heavy (non-hydrogen) atoms. The van der Waals surface area contributed by atoms with Crippen molar-refractivity contribution in [3.63, 3.8) is 0 Å². The van der Waals surface area contributed by atoms with Crippen molar-refractivity contribution >= 4 is 67.7 Å². The largest absolute Gasteiger partial charge is 0.508 e. The van der Waals surface area contributed by atoms with E-state index in [1.54, 1.807) is 64.0 Å². The molecule has 8 rings (SSSR count). The minimum absolute atomic E-state index is 0. The number of thioether (sulfide) groups is 1. The monoisotopic (exact) mass is 1910 g/mol. The molecule has 0 spiro atoms. The Morgan fingerprint density at radius 3 is 1.02 bits per heavy atom. The number of nitrogens with one attached hydrogen (secondary N) is 1. The fourth-order valence-corrected chi connectivity index (χ4v) is 17.2. The topological polar surface area (TPSA) is 358 Å². The van der Waals surface area contributed by atoms with Crippen molar-refractivity contribution in [2.45, 2.75) is 200 Å². The van der Waals surface area contributed by atoms with E-state index in [1.807, 2.05) is 136 Å². The summed E-state index contributed by atoms with van der Waals surface area (Å²) in [6.45, 7) is 36.4. The normalized spacial score (nSPS) is 11.8. The van der Waals surface area contributed by atoms with Gasteiger partial charge in [-0.05, 0) is 246 Å². The standard InChI is InChI=1S/C23H38N4O6S.C23H38N4O4S.C19H30N4O4S.C18H27N3O4S.C5H12ClN.ClH/c1-16(2)18-12-19(21(33-15-31-8)13-20(18)32-14-30-7)22-24-25-23(27(22)17(3)4)34(28,29)11-9-10-26(5)6;1-16(2)18-12-19(21(31-15-29-8)13-20(18)30-14-28-7)22-24-25-23(27(22)17(3)4)32-11-9-10-26(5)6;1-12(2)14-10-15(17(25)11-16(14)24)18-20-21-19(23(18)13(3)4)28(26,27)9-7-8-22(5)6;1-11(2)13-7-14(17-19-20-18(26)21(17)12(3)4)16(25-10-23-6)8-15(13)24-9-22-5;1-7(2)5-3-4-6;/h12-13,16-17H,9-11,14-15H2,1-8H3;12-13,16-17H,9-11,14-15H2,1-8H3;10-13,24-25H,7-9H2,1-6H3;7-8,11-12H,9-10H2,1-6H3,(H,20,26);3-5H2,1-2H3;1H. The molecule has 0 amide bonds. The molecule has 4 aromatic heterocycles. The number of hydrogen-bond donors (Lipinski definition) is 3. The van der Waals surface area contributed by atoms with Crippen LogP contribution < -0.4 is 28.4 Å². The fourth-order valence-electron chi connectivity index (χ4n) is 12.8. The van der Waals surface area contributed by atoms with Gasteiger partial charge in [0.1, 0.15) is 46.0 Å². The van der Waals surface area contributed by atoms with Crippen molar-refractivity contribution in [3.05, 3.63) is 75.6 Å². The number of aromatic nitrogens is 12. The van der Waals surface area contributed by atoms with Crippen LogP contribution in [-0.4, -0.2) is 295 Å². The van der Waals surface area contributed by atoms with Gasteiger partial charge >= 0.3 is 0 Å². The highest BCUT2D eigenvalue weighted by molar-refractivity contribution is 7.99. The Balaban J connectivity index is 0.000000429. The number of aromatic amines is 1. The molecule has 0 aliphatic rings. The molecule has 0 bridgehead atoms. The first-order valence-electron chi connectivity index (χ1n) is 42.5. The minimum atomic E-state index is -3.64. The molecule has 40 heteroatoms. The smallest absolute Gasteiger partial charge is 0.250 e. The van der Waals surface area contributed by atoms with Crippen LogP contribution in [0.5, 0.6) is 46.0 Å². The van der Waals surface area contributed by atoms with E-state index in [4.69, 9.17) is 80.7 Å². The molecule has 0 aliphatic carbocycles. The van der Waals surface area contributed by atoms with E-state index in [2.05, 4.69) is 131 Å². The lowest BCUT2D eigenvalue weighted by molar-refractivity contribution is 0.0454. The summed E-state index contributed by atoms with van der Waals surface area (Å²) >= 11 is 12.5. The van der Waals surface area contributed by atoms with Crippen LogP contribution in [-0.2, 0) is 48.1 Å². The Hall–Kier alpha value is -7.51. The van der Waals surface area contributed by atoms with Gasteiger partial charge in [0.05, 0.1) is 33.8 Å². The van der Waals surface area contributed by atoms with Gasteiger partial charge in [0.15, 0.2) is 74.0 Å². The van der Waals surface area contributed by atoms with Crippen molar-refractivity contribution in [2.24, 2.45) is 0 Å². The second-order valence-electron chi connectivity index (χ2n) is 33.4. The summed E-state index contributed by atoms with van der Waals surface area (Å²) in [5, 5.41) is 54.1. The number of sulfone groups is 2. The third kappa shape index (κ3) is 34.6. The molecule has 724 valence electrons. The van der Waals surface area contributed by atoms with Gasteiger partial charge in [-0.15, -0.1) is 54.6 Å². The number of phenolic OH excluding ortho intramolecular Hbond substituents is 2. The van der Waals surface area contributed by atoms with Crippen molar-refractivity contribution < 1.29 is 83.9 Å². The highest BCUT2D eigenvalue weighted by Crippen LogP contribution is 2.45. The number of halogens is 2. The van der Waals surface area contributed by atoms with Gasteiger partial charge in [0, 0.05) is 103 Å². The summed E-state index contributed by atoms with van der Waals surface area (Å²) in [4.78, 5) is 8.20. The van der Waals surface area contributed by atoms with E-state index in [-0.39, 0.29) is 140 Å². The van der Waals surface area contributed by atoms with E-state index in [0.29, 0.717) is 82.0 Å². The number of phenols is 2. The third-order valence-corrected chi connectivity index (χ3v) is 23.9. The van der Waals surface area contributed by atoms with Crippen LogP contribution >= 0.6 is 48.0 Å². The zero-order valence-corrected chi connectivity index (χ0v) is 85.9. The molecule has 0 saturated carbocycles. The Morgan fingerprint density at radius 1 is 0.391 bits per heavy atom. The Kier molecular flexibility index (Phi) is 51.1. The summed E-state index contributed by atoms with van der Waals surface area (Å²) in [5.74, 6) is 8.07. The summed E-state index contributed by atoms with van der Waals surface area (Å²) in [7, 11) is 18.1. The predicted molar refractivity (Wildman–Crippen MR) is 511 cm³/mol. The maximum Gasteiger partial charge on any atom is 0.250 e. The first-order chi connectivity index (χ1) is 59.9. The van der Waals surface area contributed by atoms with Gasteiger partial charge in [-0.3, -0.25) is 23.4 Å². The second-order valence-corrected chi connectivity index (χ2v) is 39.3. The van der Waals surface area contributed by atoms with Crippen molar-refractivity contribution in [1.82, 2.24) is 78.7 Å². The number of benzene rings is 4. The maximum absolute atomic E-state index is 13.2. The lowest BCUT2D eigenvalue weighted by atomic mass is 9.98. The van der Waals surface area contributed by atoms with E-state index in [0.717, 1.165) is 87.9 Å². The summed E-state index contributed by atoms with van der Waals surface area (Å²) in [6, 6.07) is 14.3. The van der Waals surface area contributed by atoms with Crippen molar-refractivity contribution in [3.8, 4) is 91.5 Å². The van der Waals surface area contributed by atoms with Gasteiger partial charge < -0.3 is 86.7 Å². The molecule has 4 heterocycles. The van der Waals surface area contributed by atoms with Crippen LogP contribution in [0.3, 0.4) is 0 Å². The summed E-state index contributed by atoms with van der Waals surface area (Å²) in [5.41, 5.74) is 6.30. The molecule has 34 nitrogen and oxygen atoms in total. The summed E-state index contributed by atoms with van der Waals surface area (Å²) in [6.07, 6.45) is 3.16. The number of rotatable bonds is 48. The average Bonchev–Trinajstić information content (AvgIpc) is 1.61. The van der Waals surface area contributed by atoms with Gasteiger partial charge in [-0.2, -0.15) is 5.10 Å². The number of hydrogen-bond acceptors (Lipinski definition) is 31. The highest BCUT2D eigenvalue weighted by atomic mass is 35.5. The number of methoxy groups -OCH3 is 6. The van der Waals surface area contributed by atoms with Gasteiger partial charge in [-0.25, -0.2) is 16.8 Å². The Morgan fingerprint density at radius 2 is 0.695 bits per heavy atom. The molecule has 4 aromatic carbocycles. The molecular formula is C88H146Cl2N16O18S4. The van der Waals surface area contributed by atoms with E-state index in [1.165, 1.54) is 17.7 Å². The summed E-state index contributed by atoms with van der Waals surface area (Å²) < 4.78 is 125. The van der Waals surface area contributed by atoms with Crippen molar-refractivity contribution in [2.75, 3.05) is 189 Å². The number of nitrogens with zero attached hydrogens (tertiary/aromatic N) is 15. The fraction of sp³-hybridized carbons (Fsp3) is 0.636. The van der Waals surface area contributed by atoms with Crippen LogP contribution in [0.15, 0.2) is 64.0 Å². The predicted octanol–water partition coefficient (Wildman–Crippen LogP) is 16.7. The quantitative estimate of drug-likeness (QED) is 0.0105. The lowest BCUT2D eigenvalue weighted by Gasteiger charge is -2.20. The molecule has 0 aliphatic heterocycles. The Labute approximate surface area is 781 Å². The van der Waals surface area contributed by atoms with E-state index >= 15 is 0 Å². The van der Waals surface area contributed by atoms with Crippen LogP contribution in [0.25, 0.3) is 45.6 Å². The molecule has 8 aromatic rings. The van der Waals surface area contributed by atoms with E-state index < -0.39 is 19.7 Å². The van der Waals surface area contributed by atoms with Crippen LogP contribution in [0.2, 0.25) is 0 Å². The highest BCUT2D eigenvalue weighted by Gasteiger charge is 2.33. The molecule has 3 N–H and O–H groups in total. The maximum atomic E-state index is 13.2. The van der Waals surface area contributed by atoms with Crippen molar-refractivity contribution in [1.29, 1.82) is 0 Å². The van der Waals surface area contributed by atoms with Crippen LogP contribution in [0.4, 0.5) is 0 Å². The zero-order valence-electron chi connectivity index (χ0n) is 81.0. The van der Waals surface area contributed by atoms with E-state index in [9.17, 15) is 27.0 Å². The minimum Gasteiger partial charge on any atom is -0.508 e. The zero-order chi connectivity index (χ0) is 95.3. The third-order valence-electron chi connectivity index (χ3n) is 19.0. The molecular weight excluding hydrogens is 1770 g/mol. The number of ether oxygens (including phenoxy) is 12. The molecule has 0 atom stereocenters. The second kappa shape index (κ2) is 57.0. The van der Waals surface area contributed by atoms with Crippen LogP contribution in [0.1, 0.15) is 207 Å². The molecule has 0 radical (unpaired) electrons. The van der Waals surface area contributed by atoms with Gasteiger partial charge in [-0.1, -0.05) is 67.2 Å². The lowest BCUT2D eigenvalue weighted by Crippen LogP contribution is -2.20. The number of aromatic hydroxyl groups is 2. The number of alkyl halides is 1. The molecule has 0 fully saturated rings. The first kappa shape index (κ1) is 115. The average molecular weight is 1920 g/mol. The van der Waals surface area contributed by atoms with Crippen LogP contribution in [0, 0.1) is 4.77 Å². The SMILES string of the molecule is CC(C)c1cc(-c2nnc(S(=O)(=O)CCCN(C)C)n2C(C)C)c(O)cc1O.CN(C)CCCCl.COCOc1cc(OCOC)c(C(C)C)cc1-c1n[nH]c(=S)n1C(C)C.COCOc1cc(OCOC)c(C(C)C)cc1-c1nnc(S(=O)(=O)CCCN(C)C)n1C(C)C.COCOc1cc(OCOC)c(C(C)C)cc1-c1nnc(SCCCN(C)C)n1C(C)C.Cl. The van der Waals surface area contributed by atoms with Gasteiger partial charge in [0.2, 0.25) is 30.0 Å².